The highest BCUT2D eigenvalue weighted by molar-refractivity contribution is 6.54. The molecule has 2 atom stereocenters. The number of benzene rings is 3. The number of Topliss-reactive ketones (excluding diaryl/α,β-unsaturated/α-hetero) is 2. The van der Waals surface area contributed by atoms with Crippen LogP contribution in [0.3, 0.4) is 0 Å². The van der Waals surface area contributed by atoms with Crippen LogP contribution in [0.4, 0.5) is 5.69 Å². The van der Waals surface area contributed by atoms with Crippen molar-refractivity contribution in [1.29, 1.82) is 0 Å². The van der Waals surface area contributed by atoms with Crippen molar-refractivity contribution < 1.29 is 28.7 Å². The molecule has 1 amide bonds. The molecule has 35 heavy (non-hydrogen) atoms. The van der Waals surface area contributed by atoms with Crippen LogP contribution in [0, 0.1) is 0 Å². The number of methoxy groups -OCH3 is 2. The van der Waals surface area contributed by atoms with Crippen molar-refractivity contribution in [3.05, 3.63) is 96.1 Å². The highest BCUT2D eigenvalue weighted by Crippen LogP contribution is 2.38. The molecule has 1 aliphatic rings. The first-order chi connectivity index (χ1) is 16.9. The van der Waals surface area contributed by atoms with Crippen molar-refractivity contribution in [3.8, 4) is 5.75 Å². The van der Waals surface area contributed by atoms with Crippen LogP contribution in [0.2, 0.25) is 0 Å². The molecule has 0 aliphatic carbocycles. The smallest absolute Gasteiger partial charge is 0.332 e. The Kier molecular flexibility index (Phi) is 6.55. The average Bonchev–Trinajstić information content (AvgIpc) is 3.14. The minimum atomic E-state index is -2.39. The summed E-state index contributed by atoms with van der Waals surface area (Å²) in [6.07, 6.45) is 1.32. The van der Waals surface area contributed by atoms with Gasteiger partial charge in [-0.25, -0.2) is 4.79 Å². The molecule has 1 heterocycles. The van der Waals surface area contributed by atoms with Gasteiger partial charge in [0.2, 0.25) is 11.3 Å². The first-order valence-corrected chi connectivity index (χ1v) is 10.7. The summed E-state index contributed by atoms with van der Waals surface area (Å²) in [7, 11) is 2.61. The molecule has 1 fully saturated rings. The SMILES string of the molecule is COC(=O)C1N(c2ccc(OC)cc2)C(=O)C(=O)C1(N=Cc1ccccc1)C(=O)c1ccccc1. The molecule has 8 heteroatoms. The first-order valence-electron chi connectivity index (χ1n) is 10.7. The van der Waals surface area contributed by atoms with Crippen molar-refractivity contribution in [2.24, 2.45) is 4.99 Å². The third kappa shape index (κ3) is 4.10. The lowest BCUT2D eigenvalue weighted by Gasteiger charge is -2.30. The maximum Gasteiger partial charge on any atom is 0.332 e. The van der Waals surface area contributed by atoms with Gasteiger partial charge in [-0.05, 0) is 29.8 Å². The molecule has 4 rings (SSSR count). The van der Waals surface area contributed by atoms with Crippen LogP contribution >= 0.6 is 0 Å². The molecule has 3 aromatic rings. The number of amides is 1. The van der Waals surface area contributed by atoms with Crippen LogP contribution in [-0.4, -0.2) is 55.5 Å². The van der Waals surface area contributed by atoms with Crippen LogP contribution in [0.25, 0.3) is 0 Å². The van der Waals surface area contributed by atoms with E-state index in [1.54, 1.807) is 60.7 Å². The Labute approximate surface area is 201 Å². The third-order valence-electron chi connectivity index (χ3n) is 5.79. The lowest BCUT2D eigenvalue weighted by molar-refractivity contribution is -0.143. The molecule has 0 N–H and O–H groups in total. The van der Waals surface area contributed by atoms with E-state index in [9.17, 15) is 19.2 Å². The highest BCUT2D eigenvalue weighted by atomic mass is 16.5. The fourth-order valence-electron chi connectivity index (χ4n) is 4.04. The maximum atomic E-state index is 13.9. The molecule has 0 aromatic heterocycles. The fourth-order valence-corrected chi connectivity index (χ4v) is 4.04. The van der Waals surface area contributed by atoms with E-state index < -0.39 is 35.0 Å². The van der Waals surface area contributed by atoms with E-state index in [1.807, 2.05) is 0 Å². The van der Waals surface area contributed by atoms with E-state index in [0.717, 1.165) is 12.0 Å². The van der Waals surface area contributed by atoms with Gasteiger partial charge in [0.15, 0.2) is 6.04 Å². The van der Waals surface area contributed by atoms with E-state index in [1.165, 1.54) is 37.6 Å². The van der Waals surface area contributed by atoms with E-state index in [-0.39, 0.29) is 11.3 Å². The van der Waals surface area contributed by atoms with Gasteiger partial charge in [0.25, 0.3) is 11.7 Å². The van der Waals surface area contributed by atoms with E-state index in [0.29, 0.717) is 11.3 Å². The van der Waals surface area contributed by atoms with Gasteiger partial charge in [0, 0.05) is 17.5 Å². The molecule has 8 nitrogen and oxygen atoms in total. The number of ether oxygens (including phenoxy) is 2. The summed E-state index contributed by atoms with van der Waals surface area (Å²) in [5.41, 5.74) is -1.46. The average molecular weight is 470 g/mol. The van der Waals surface area contributed by atoms with Crippen molar-refractivity contribution >= 4 is 35.3 Å². The molecular weight excluding hydrogens is 448 g/mol. The fraction of sp³-hybridized carbons (Fsp3) is 0.148. The minimum Gasteiger partial charge on any atom is -0.497 e. The Morgan fingerprint density at radius 2 is 1.49 bits per heavy atom. The highest BCUT2D eigenvalue weighted by Gasteiger charge is 2.67. The predicted octanol–water partition coefficient (Wildman–Crippen LogP) is 2.89. The van der Waals surface area contributed by atoms with Crippen LogP contribution in [0.1, 0.15) is 15.9 Å². The third-order valence-corrected chi connectivity index (χ3v) is 5.79. The molecule has 1 aliphatic heterocycles. The van der Waals surface area contributed by atoms with Crippen molar-refractivity contribution in [3.63, 3.8) is 0 Å². The summed E-state index contributed by atoms with van der Waals surface area (Å²) in [5.74, 6) is -3.38. The minimum absolute atomic E-state index is 0.129. The van der Waals surface area contributed by atoms with Gasteiger partial charge < -0.3 is 9.47 Å². The van der Waals surface area contributed by atoms with Gasteiger partial charge in [-0.15, -0.1) is 0 Å². The molecule has 0 spiro atoms. The second-order valence-corrected chi connectivity index (χ2v) is 7.76. The molecule has 0 saturated carbocycles. The molecular formula is C27H22N2O6. The van der Waals surface area contributed by atoms with Gasteiger partial charge in [-0.3, -0.25) is 24.3 Å². The van der Waals surface area contributed by atoms with Crippen molar-refractivity contribution in [1.82, 2.24) is 0 Å². The van der Waals surface area contributed by atoms with Crippen molar-refractivity contribution in [2.75, 3.05) is 19.1 Å². The Hall–Kier alpha value is -4.59. The van der Waals surface area contributed by atoms with Gasteiger partial charge in [-0.2, -0.15) is 0 Å². The first kappa shape index (κ1) is 23.6. The van der Waals surface area contributed by atoms with Gasteiger partial charge >= 0.3 is 5.97 Å². The summed E-state index contributed by atoms with van der Waals surface area (Å²) >= 11 is 0. The second kappa shape index (κ2) is 9.72. The second-order valence-electron chi connectivity index (χ2n) is 7.76. The lowest BCUT2D eigenvalue weighted by Crippen LogP contribution is -2.57. The van der Waals surface area contributed by atoms with Crippen molar-refractivity contribution in [2.45, 2.75) is 11.6 Å². The van der Waals surface area contributed by atoms with E-state index in [2.05, 4.69) is 4.99 Å². The Balaban J connectivity index is 1.95. The summed E-state index contributed by atoms with van der Waals surface area (Å²) < 4.78 is 10.1. The predicted molar refractivity (Wildman–Crippen MR) is 129 cm³/mol. The zero-order chi connectivity index (χ0) is 25.0. The number of hydrogen-bond donors (Lipinski definition) is 0. The summed E-state index contributed by atoms with van der Waals surface area (Å²) in [6, 6.07) is 21.3. The summed E-state index contributed by atoms with van der Waals surface area (Å²) in [6.45, 7) is 0. The number of carbonyl (C=O) groups is 4. The van der Waals surface area contributed by atoms with Crippen LogP contribution in [-0.2, 0) is 19.1 Å². The number of carbonyl (C=O) groups excluding carboxylic acids is 4. The molecule has 0 radical (unpaired) electrons. The molecule has 176 valence electrons. The quantitative estimate of drug-likeness (QED) is 0.173. The normalized spacial score (nSPS) is 19.7. The topological polar surface area (TPSA) is 102 Å². The lowest BCUT2D eigenvalue weighted by atomic mass is 9.81. The number of aliphatic imine (C=N–C) groups is 1. The van der Waals surface area contributed by atoms with Crippen LogP contribution in [0.5, 0.6) is 5.75 Å². The van der Waals surface area contributed by atoms with Crippen LogP contribution < -0.4 is 9.64 Å². The maximum absolute atomic E-state index is 13.9. The van der Waals surface area contributed by atoms with Gasteiger partial charge in [0.05, 0.1) is 14.2 Å². The molecule has 2 unspecified atom stereocenters. The Morgan fingerprint density at radius 1 is 0.886 bits per heavy atom. The van der Waals surface area contributed by atoms with E-state index >= 15 is 0 Å². The number of rotatable bonds is 7. The van der Waals surface area contributed by atoms with Crippen LogP contribution in [0.15, 0.2) is 89.9 Å². The largest absolute Gasteiger partial charge is 0.497 e. The van der Waals surface area contributed by atoms with E-state index in [4.69, 9.17) is 9.47 Å². The number of nitrogens with zero attached hydrogens (tertiary/aromatic N) is 2. The molecule has 1 saturated heterocycles. The number of hydrogen-bond acceptors (Lipinski definition) is 7. The monoisotopic (exact) mass is 470 g/mol. The zero-order valence-corrected chi connectivity index (χ0v) is 19.1. The Morgan fingerprint density at radius 3 is 2.06 bits per heavy atom. The van der Waals surface area contributed by atoms with Gasteiger partial charge in [0.1, 0.15) is 5.75 Å². The Bertz CT molecular complexity index is 1290. The summed E-state index contributed by atoms with van der Waals surface area (Å²) in [4.78, 5) is 59.4. The molecule has 3 aromatic carbocycles. The number of esters is 1. The summed E-state index contributed by atoms with van der Waals surface area (Å²) in [5, 5.41) is 0. The standard InChI is InChI=1S/C27H22N2O6/c1-34-21-15-13-20(14-16-21)29-22(26(33)35-2)27(24(31)25(29)32,23(30)19-11-7-4-8-12-19)28-17-18-9-5-3-6-10-18/h3-17,22H,1-2H3. The molecule has 0 bridgehead atoms. The van der Waals surface area contributed by atoms with Gasteiger partial charge in [-0.1, -0.05) is 60.7 Å². The number of anilines is 1. The zero-order valence-electron chi connectivity index (χ0n) is 19.1. The number of ketones is 2.